The summed E-state index contributed by atoms with van der Waals surface area (Å²) in [4.78, 5) is 13.2. The van der Waals surface area contributed by atoms with E-state index in [1.54, 1.807) is 6.08 Å². The summed E-state index contributed by atoms with van der Waals surface area (Å²) in [5.74, 6) is -0.295. The Labute approximate surface area is 485 Å². The van der Waals surface area contributed by atoms with Crippen molar-refractivity contribution in [2.45, 2.75) is 324 Å². The summed E-state index contributed by atoms with van der Waals surface area (Å²) >= 11 is 0. The first kappa shape index (κ1) is 73.3. The lowest BCUT2D eigenvalue weighted by atomic mass is 9.96. The van der Waals surface area contributed by atoms with Gasteiger partial charge < -0.3 is 89.9 Å². The van der Waals surface area contributed by atoms with Crippen molar-refractivity contribution in [3.63, 3.8) is 0 Å². The minimum absolute atomic E-state index is 0.232. The lowest BCUT2D eigenvalue weighted by Crippen LogP contribution is -2.66. The number of unbranched alkanes of at least 4 members (excludes halogenated alkanes) is 27. The largest absolute Gasteiger partial charge is 0.394 e. The van der Waals surface area contributed by atoms with Crippen LogP contribution in [0.5, 0.6) is 0 Å². The monoisotopic (exact) mass is 1160 g/mol. The quantitative estimate of drug-likeness (QED) is 0.0229. The highest BCUT2D eigenvalue weighted by Gasteiger charge is 2.53. The van der Waals surface area contributed by atoms with Crippen LogP contribution >= 0.6 is 0 Å². The summed E-state index contributed by atoms with van der Waals surface area (Å²) in [6.07, 6.45) is 23.2. The summed E-state index contributed by atoms with van der Waals surface area (Å²) in [6.45, 7) is 1.65. The number of rotatable bonds is 47. The van der Waals surface area contributed by atoms with Gasteiger partial charge in [-0.15, -0.1) is 0 Å². The molecule has 3 aliphatic heterocycles. The van der Waals surface area contributed by atoms with E-state index in [-0.39, 0.29) is 18.9 Å². The Bertz CT molecular complexity index is 1620. The molecule has 0 aromatic rings. The third kappa shape index (κ3) is 28.8. The molecule has 0 aromatic carbocycles. The molecule has 0 saturated carbocycles. The van der Waals surface area contributed by atoms with Crippen LogP contribution in [0.15, 0.2) is 36.5 Å². The standard InChI is InChI=1S/C62H113NO18/c1-3-5-7-9-11-13-14-15-16-17-18-19-20-21-22-23-24-25-26-27-28-29-30-31-32-33-35-37-39-46(67)45(63-50(68)40-38-36-34-12-10-8-6-4-2)44-76-60-56(74)53(71)58(48(42-65)78-60)81-62-57(75)54(72)59(49(43-66)79-62)80-61-55(73)52(70)51(69)47(41-64)77-61/h27-28,31-32,37,39,45-49,51-62,64-67,69-75H,3-26,29-30,33-36,38,40-44H2,1-2H3,(H,63,68)/b28-27+,32-31+,39-37+. The van der Waals surface area contributed by atoms with Crippen LogP contribution in [0, 0.1) is 0 Å². The average molecular weight is 1160 g/mol. The third-order valence-corrected chi connectivity index (χ3v) is 15.9. The highest BCUT2D eigenvalue weighted by molar-refractivity contribution is 5.76. The summed E-state index contributed by atoms with van der Waals surface area (Å²) in [6, 6.07) is -0.991. The molecule has 17 atom stereocenters. The fraction of sp³-hybridized carbons (Fsp3) is 0.887. The normalized spacial score (nSPS) is 30.0. The summed E-state index contributed by atoms with van der Waals surface area (Å²) in [5.41, 5.74) is 0. The first-order valence-corrected chi connectivity index (χ1v) is 31.7. The van der Waals surface area contributed by atoms with Gasteiger partial charge in [0.25, 0.3) is 0 Å². The molecule has 19 heteroatoms. The van der Waals surface area contributed by atoms with Gasteiger partial charge >= 0.3 is 0 Å². The second-order valence-electron chi connectivity index (χ2n) is 22.9. The van der Waals surface area contributed by atoms with Crippen LogP contribution in [0.4, 0.5) is 0 Å². The maximum absolute atomic E-state index is 13.2. The molecule has 12 N–H and O–H groups in total. The molecule has 0 spiro atoms. The van der Waals surface area contributed by atoms with E-state index in [0.29, 0.717) is 12.8 Å². The van der Waals surface area contributed by atoms with Crippen molar-refractivity contribution < 1.29 is 89.4 Å². The van der Waals surface area contributed by atoms with Crippen LogP contribution in [0.25, 0.3) is 0 Å². The van der Waals surface area contributed by atoms with Crippen molar-refractivity contribution in [2.75, 3.05) is 26.4 Å². The lowest BCUT2D eigenvalue weighted by molar-refractivity contribution is -0.379. The van der Waals surface area contributed by atoms with E-state index in [1.807, 2.05) is 6.08 Å². The fourth-order valence-electron chi connectivity index (χ4n) is 10.7. The molecule has 81 heavy (non-hydrogen) atoms. The summed E-state index contributed by atoms with van der Waals surface area (Å²) < 4.78 is 34.2. The SMILES string of the molecule is CCCCCCCCCCCCCCCCCCCC/C=C/CC/C=C/CC/C=C/C(O)C(COC1OC(CO)C(OC2OC(CO)C(OC3OC(CO)C(O)C(O)C3O)C(O)C2O)C(O)C1O)NC(=O)CCCCCCCCCC. The number of aliphatic hydroxyl groups is 11. The van der Waals surface area contributed by atoms with Crippen molar-refractivity contribution in [1.82, 2.24) is 5.32 Å². The fourth-order valence-corrected chi connectivity index (χ4v) is 10.7. The number of carbonyl (C=O) groups is 1. The molecule has 0 radical (unpaired) electrons. The van der Waals surface area contributed by atoms with Gasteiger partial charge in [0.05, 0.1) is 38.6 Å². The second-order valence-corrected chi connectivity index (χ2v) is 22.9. The molecule has 1 amide bonds. The van der Waals surface area contributed by atoms with Crippen LogP contribution in [-0.4, -0.2) is 193 Å². The van der Waals surface area contributed by atoms with Crippen molar-refractivity contribution in [1.29, 1.82) is 0 Å². The van der Waals surface area contributed by atoms with E-state index in [4.69, 9.17) is 28.4 Å². The predicted molar refractivity (Wildman–Crippen MR) is 309 cm³/mol. The number of hydrogen-bond acceptors (Lipinski definition) is 18. The molecule has 3 rings (SSSR count). The van der Waals surface area contributed by atoms with Gasteiger partial charge in [0.1, 0.15) is 73.2 Å². The van der Waals surface area contributed by atoms with Gasteiger partial charge in [-0.1, -0.05) is 204 Å². The van der Waals surface area contributed by atoms with Gasteiger partial charge in [-0.25, -0.2) is 0 Å². The average Bonchev–Trinajstić information content (AvgIpc) is 3.62. The minimum Gasteiger partial charge on any atom is -0.394 e. The Morgan fingerprint density at radius 3 is 1.23 bits per heavy atom. The lowest BCUT2D eigenvalue weighted by Gasteiger charge is -2.48. The predicted octanol–water partition coefficient (Wildman–Crippen LogP) is 6.49. The zero-order chi connectivity index (χ0) is 59.0. The Hall–Kier alpha value is -1.99. The number of allylic oxidation sites excluding steroid dienone is 5. The van der Waals surface area contributed by atoms with Crippen molar-refractivity contribution in [2.24, 2.45) is 0 Å². The molecule has 3 heterocycles. The Morgan fingerprint density at radius 2 is 0.790 bits per heavy atom. The van der Waals surface area contributed by atoms with Crippen LogP contribution in [-0.2, 0) is 33.2 Å². The summed E-state index contributed by atoms with van der Waals surface area (Å²) in [5, 5.41) is 120. The molecule has 474 valence electrons. The van der Waals surface area contributed by atoms with Crippen LogP contribution in [0.2, 0.25) is 0 Å². The van der Waals surface area contributed by atoms with Gasteiger partial charge in [-0.05, 0) is 44.9 Å². The highest BCUT2D eigenvalue weighted by atomic mass is 16.8. The number of hydrogen-bond donors (Lipinski definition) is 12. The first-order valence-electron chi connectivity index (χ1n) is 31.7. The molecule has 3 aliphatic rings. The van der Waals surface area contributed by atoms with Crippen molar-refractivity contribution in [3.8, 4) is 0 Å². The summed E-state index contributed by atoms with van der Waals surface area (Å²) in [7, 11) is 0. The van der Waals surface area contributed by atoms with E-state index >= 15 is 0 Å². The van der Waals surface area contributed by atoms with Crippen LogP contribution in [0.3, 0.4) is 0 Å². The van der Waals surface area contributed by atoms with E-state index in [9.17, 15) is 61.0 Å². The molecule has 3 saturated heterocycles. The van der Waals surface area contributed by atoms with E-state index in [2.05, 4.69) is 43.5 Å². The smallest absolute Gasteiger partial charge is 0.220 e. The second kappa shape index (κ2) is 45.3. The number of nitrogens with one attached hydrogen (secondary N) is 1. The number of carbonyl (C=O) groups excluding carboxylic acids is 1. The molecular weight excluding hydrogens is 1050 g/mol. The maximum atomic E-state index is 13.2. The van der Waals surface area contributed by atoms with Gasteiger partial charge in [-0.2, -0.15) is 0 Å². The molecule has 17 unspecified atom stereocenters. The first-order chi connectivity index (χ1) is 39.3. The maximum Gasteiger partial charge on any atom is 0.220 e. The Morgan fingerprint density at radius 1 is 0.432 bits per heavy atom. The van der Waals surface area contributed by atoms with Crippen LogP contribution < -0.4 is 5.32 Å². The number of amides is 1. The van der Waals surface area contributed by atoms with Gasteiger partial charge in [0.2, 0.25) is 5.91 Å². The third-order valence-electron chi connectivity index (χ3n) is 15.9. The highest BCUT2D eigenvalue weighted by Crippen LogP contribution is 2.33. The number of aliphatic hydroxyl groups excluding tert-OH is 11. The van der Waals surface area contributed by atoms with Crippen molar-refractivity contribution >= 4 is 5.91 Å². The molecule has 0 aromatic heterocycles. The van der Waals surface area contributed by atoms with Gasteiger partial charge in [-0.3, -0.25) is 4.79 Å². The van der Waals surface area contributed by atoms with Gasteiger partial charge in [0, 0.05) is 6.42 Å². The van der Waals surface area contributed by atoms with Crippen molar-refractivity contribution in [3.05, 3.63) is 36.5 Å². The Balaban J connectivity index is 1.42. The minimum atomic E-state index is -1.98. The molecule has 0 bridgehead atoms. The molecule has 19 nitrogen and oxygen atoms in total. The number of ether oxygens (including phenoxy) is 6. The van der Waals surface area contributed by atoms with Gasteiger partial charge in [0.15, 0.2) is 18.9 Å². The van der Waals surface area contributed by atoms with E-state index in [1.165, 1.54) is 135 Å². The molecule has 3 fully saturated rings. The molecular formula is C62H113NO18. The zero-order valence-corrected chi connectivity index (χ0v) is 49.5. The topological polar surface area (TPSA) is 307 Å². The van der Waals surface area contributed by atoms with Crippen LogP contribution in [0.1, 0.15) is 219 Å². The Kier molecular flexibility index (Phi) is 41.0. The molecule has 0 aliphatic carbocycles. The zero-order valence-electron chi connectivity index (χ0n) is 49.5. The van der Waals surface area contributed by atoms with E-state index in [0.717, 1.165) is 51.4 Å². The van der Waals surface area contributed by atoms with E-state index < -0.39 is 124 Å².